The molecule has 6 heteroatoms. The van der Waals surface area contributed by atoms with E-state index >= 15 is 0 Å². The second-order valence-corrected chi connectivity index (χ2v) is 8.59. The van der Waals surface area contributed by atoms with Crippen LogP contribution in [0.1, 0.15) is 39.6 Å². The van der Waals surface area contributed by atoms with Crippen molar-refractivity contribution in [2.75, 3.05) is 6.54 Å². The largest absolute Gasteiger partial charge is 0.331 e. The third kappa shape index (κ3) is 2.95. The lowest BCUT2D eigenvalue weighted by Crippen LogP contribution is -2.38. The topological polar surface area (TPSA) is 55.2 Å². The molecule has 0 radical (unpaired) electrons. The average molecular weight is 416 g/mol. The number of fused-ring (bicyclic) bond motifs is 2. The van der Waals surface area contributed by atoms with Gasteiger partial charge in [0.1, 0.15) is 5.82 Å². The quantitative estimate of drug-likeness (QED) is 0.484. The van der Waals surface area contributed by atoms with Crippen molar-refractivity contribution >= 4 is 28.1 Å². The molecule has 0 aliphatic carbocycles. The molecule has 0 saturated heterocycles. The predicted octanol–water partition coefficient (Wildman–Crippen LogP) is 4.52. The Hall–Kier alpha value is -3.25. The van der Waals surface area contributed by atoms with E-state index in [1.54, 1.807) is 34.1 Å². The average Bonchev–Trinajstić information content (AvgIpc) is 3.24. The second kappa shape index (κ2) is 7.22. The van der Waals surface area contributed by atoms with Gasteiger partial charge >= 0.3 is 0 Å². The van der Waals surface area contributed by atoms with Crippen LogP contribution in [0.5, 0.6) is 0 Å². The van der Waals surface area contributed by atoms with Crippen molar-refractivity contribution in [2.24, 2.45) is 0 Å². The highest BCUT2D eigenvalue weighted by Gasteiger charge is 2.29. The van der Waals surface area contributed by atoms with Crippen LogP contribution in [0.15, 0.2) is 64.8 Å². The molecule has 1 aliphatic heterocycles. The van der Waals surface area contributed by atoms with Crippen LogP contribution in [-0.4, -0.2) is 26.9 Å². The Kier molecular flexibility index (Phi) is 4.51. The van der Waals surface area contributed by atoms with Crippen molar-refractivity contribution in [3.8, 4) is 5.69 Å². The molecule has 5 nitrogen and oxygen atoms in total. The van der Waals surface area contributed by atoms with Gasteiger partial charge < -0.3 is 4.90 Å². The molecular formula is C24H21N3O2S. The van der Waals surface area contributed by atoms with E-state index in [-0.39, 0.29) is 17.5 Å². The highest BCUT2D eigenvalue weighted by Crippen LogP contribution is 2.33. The first-order chi connectivity index (χ1) is 14.5. The fourth-order valence-corrected chi connectivity index (χ4v) is 5.22. The molecular weight excluding hydrogens is 394 g/mol. The van der Waals surface area contributed by atoms with Gasteiger partial charge in [0.25, 0.3) is 11.5 Å². The number of benzene rings is 2. The molecule has 5 rings (SSSR count). The molecule has 3 heterocycles. The summed E-state index contributed by atoms with van der Waals surface area (Å²) in [6.45, 7) is 4.63. The number of hydrogen-bond acceptors (Lipinski definition) is 4. The summed E-state index contributed by atoms with van der Waals surface area (Å²) in [5, 5.41) is 2.68. The van der Waals surface area contributed by atoms with Gasteiger partial charge in [-0.25, -0.2) is 4.98 Å². The van der Waals surface area contributed by atoms with Crippen LogP contribution >= 0.6 is 11.3 Å². The van der Waals surface area contributed by atoms with Crippen molar-refractivity contribution < 1.29 is 4.79 Å². The van der Waals surface area contributed by atoms with Crippen LogP contribution in [0.25, 0.3) is 16.6 Å². The minimum Gasteiger partial charge on any atom is -0.331 e. The van der Waals surface area contributed by atoms with Gasteiger partial charge in [0.2, 0.25) is 0 Å². The molecule has 2 aromatic heterocycles. The van der Waals surface area contributed by atoms with Crippen LogP contribution in [0, 0.1) is 6.92 Å². The highest BCUT2D eigenvalue weighted by molar-refractivity contribution is 7.10. The van der Waals surface area contributed by atoms with Gasteiger partial charge in [0.05, 0.1) is 22.6 Å². The molecule has 0 N–H and O–H groups in total. The van der Waals surface area contributed by atoms with Crippen molar-refractivity contribution in [1.29, 1.82) is 0 Å². The predicted molar refractivity (Wildman–Crippen MR) is 120 cm³/mol. The van der Waals surface area contributed by atoms with E-state index < -0.39 is 0 Å². The lowest BCUT2D eigenvalue weighted by Gasteiger charge is -2.33. The van der Waals surface area contributed by atoms with Crippen LogP contribution in [-0.2, 0) is 6.42 Å². The molecule has 1 unspecified atom stereocenters. The molecule has 0 spiro atoms. The Labute approximate surface area is 178 Å². The van der Waals surface area contributed by atoms with Crippen molar-refractivity contribution in [3.63, 3.8) is 0 Å². The molecule has 150 valence electrons. The first kappa shape index (κ1) is 18.8. The van der Waals surface area contributed by atoms with E-state index in [1.165, 1.54) is 10.4 Å². The Morgan fingerprint density at radius 3 is 2.67 bits per heavy atom. The van der Waals surface area contributed by atoms with E-state index in [4.69, 9.17) is 0 Å². The summed E-state index contributed by atoms with van der Waals surface area (Å²) in [5.41, 5.74) is 3.17. The number of aryl methyl sites for hydroxylation is 1. The zero-order valence-electron chi connectivity index (χ0n) is 16.8. The number of carbonyl (C=O) groups is 1. The number of thiophene rings is 1. The molecule has 1 amide bonds. The first-order valence-electron chi connectivity index (χ1n) is 10.0. The molecule has 1 aliphatic rings. The van der Waals surface area contributed by atoms with Crippen LogP contribution in [0.4, 0.5) is 0 Å². The summed E-state index contributed by atoms with van der Waals surface area (Å²) in [6.07, 6.45) is 0.901. The van der Waals surface area contributed by atoms with E-state index in [0.29, 0.717) is 28.0 Å². The number of amides is 1. The van der Waals surface area contributed by atoms with Gasteiger partial charge in [-0.15, -0.1) is 11.3 Å². The standard InChI is InChI=1S/C24H21N3O2S/c1-15-19-12-14-30-22(19)11-13-26(15)23(28)17-7-9-18(10-8-17)27-16(2)25-21-6-4-3-5-20(21)24(27)29/h3-10,12,14-15H,11,13H2,1-2H3. The van der Waals surface area contributed by atoms with Gasteiger partial charge in [0.15, 0.2) is 0 Å². The van der Waals surface area contributed by atoms with Crippen molar-refractivity contribution in [3.05, 3.63) is 92.2 Å². The minimum atomic E-state index is -0.105. The number of aromatic nitrogens is 2. The number of rotatable bonds is 2. The first-order valence-corrected chi connectivity index (χ1v) is 10.9. The number of hydrogen-bond donors (Lipinski definition) is 0. The van der Waals surface area contributed by atoms with E-state index in [0.717, 1.165) is 13.0 Å². The Balaban J connectivity index is 1.48. The molecule has 0 fully saturated rings. The molecule has 30 heavy (non-hydrogen) atoms. The Morgan fingerprint density at radius 1 is 1.10 bits per heavy atom. The normalized spacial score (nSPS) is 15.9. The van der Waals surface area contributed by atoms with Crippen LogP contribution < -0.4 is 5.56 Å². The fourth-order valence-electron chi connectivity index (χ4n) is 4.25. The Bertz CT molecular complexity index is 1320. The third-order valence-electron chi connectivity index (χ3n) is 5.85. The molecule has 0 saturated carbocycles. The molecule has 1 atom stereocenters. The fraction of sp³-hybridized carbons (Fsp3) is 0.208. The van der Waals surface area contributed by atoms with Crippen molar-refractivity contribution in [2.45, 2.75) is 26.3 Å². The SMILES string of the molecule is Cc1nc2ccccc2c(=O)n1-c1ccc(C(=O)N2CCc3sccc3C2C)cc1. The lowest BCUT2D eigenvalue weighted by molar-refractivity contribution is 0.0679. The van der Waals surface area contributed by atoms with E-state index in [9.17, 15) is 9.59 Å². The second-order valence-electron chi connectivity index (χ2n) is 7.59. The summed E-state index contributed by atoms with van der Waals surface area (Å²) in [4.78, 5) is 34.0. The molecule has 4 aromatic rings. The zero-order valence-corrected chi connectivity index (χ0v) is 17.6. The zero-order chi connectivity index (χ0) is 20.8. The summed E-state index contributed by atoms with van der Waals surface area (Å²) in [7, 11) is 0. The summed E-state index contributed by atoms with van der Waals surface area (Å²) >= 11 is 1.77. The lowest BCUT2D eigenvalue weighted by atomic mass is 10.0. The van der Waals surface area contributed by atoms with E-state index in [2.05, 4.69) is 23.4 Å². The molecule has 0 bridgehead atoms. The van der Waals surface area contributed by atoms with Gasteiger partial charge in [-0.2, -0.15) is 0 Å². The number of para-hydroxylation sites is 1. The maximum Gasteiger partial charge on any atom is 0.265 e. The van der Waals surface area contributed by atoms with Gasteiger partial charge in [-0.3, -0.25) is 14.2 Å². The monoisotopic (exact) mass is 415 g/mol. The van der Waals surface area contributed by atoms with Crippen LogP contribution in [0.3, 0.4) is 0 Å². The number of nitrogens with zero attached hydrogens (tertiary/aromatic N) is 3. The summed E-state index contributed by atoms with van der Waals surface area (Å²) < 4.78 is 1.59. The number of carbonyl (C=O) groups excluding carboxylic acids is 1. The highest BCUT2D eigenvalue weighted by atomic mass is 32.1. The molecule has 2 aromatic carbocycles. The maximum absolute atomic E-state index is 13.1. The van der Waals surface area contributed by atoms with Gasteiger partial charge in [-0.05, 0) is 73.7 Å². The van der Waals surface area contributed by atoms with E-state index in [1.807, 2.05) is 42.2 Å². The maximum atomic E-state index is 13.1. The minimum absolute atomic E-state index is 0.0200. The van der Waals surface area contributed by atoms with Gasteiger partial charge in [-0.1, -0.05) is 12.1 Å². The third-order valence-corrected chi connectivity index (χ3v) is 6.85. The Morgan fingerprint density at radius 2 is 1.87 bits per heavy atom. The summed E-state index contributed by atoms with van der Waals surface area (Å²) in [5.74, 6) is 0.638. The smallest absolute Gasteiger partial charge is 0.265 e. The van der Waals surface area contributed by atoms with Crippen LogP contribution in [0.2, 0.25) is 0 Å². The van der Waals surface area contributed by atoms with Crippen molar-refractivity contribution in [1.82, 2.24) is 14.5 Å². The summed E-state index contributed by atoms with van der Waals surface area (Å²) in [6, 6.07) is 16.8. The van der Waals surface area contributed by atoms with Gasteiger partial charge in [0, 0.05) is 17.0 Å².